The van der Waals surface area contributed by atoms with E-state index in [1.54, 1.807) is 12.5 Å². The average Bonchev–Trinajstić information content (AvgIpc) is 2.44. The van der Waals surface area contributed by atoms with E-state index in [1.165, 1.54) is 0 Å². The number of aromatic nitrogens is 1. The molecule has 0 radical (unpaired) electrons. The Balaban J connectivity index is 1.97. The molecule has 104 valence electrons. The Bertz CT molecular complexity index is 702. The molecule has 1 aromatic carbocycles. The van der Waals surface area contributed by atoms with Crippen molar-refractivity contribution in [3.05, 3.63) is 30.5 Å². The molecule has 3 rings (SSSR count). The normalized spacial score (nSPS) is 19.1. The molecular formula is C14H15N3O2S. The van der Waals surface area contributed by atoms with Crippen molar-refractivity contribution in [1.29, 1.82) is 0 Å². The molecule has 0 aliphatic carbocycles. The van der Waals surface area contributed by atoms with Crippen molar-refractivity contribution in [2.24, 2.45) is 0 Å². The summed E-state index contributed by atoms with van der Waals surface area (Å²) < 4.78 is 11.2. The Morgan fingerprint density at radius 1 is 1.35 bits per heavy atom. The van der Waals surface area contributed by atoms with Crippen molar-refractivity contribution in [2.45, 2.75) is 12.5 Å². The maximum atomic E-state index is 12.0. The molecule has 5 nitrogen and oxygen atoms in total. The average molecular weight is 289 g/mol. The fourth-order valence-corrected chi connectivity index (χ4v) is 2.91. The summed E-state index contributed by atoms with van der Waals surface area (Å²) in [6, 6.07) is 7.43. The van der Waals surface area contributed by atoms with Crippen molar-refractivity contribution < 1.29 is 9.00 Å². The summed E-state index contributed by atoms with van der Waals surface area (Å²) in [5, 5.41) is 7.10. The van der Waals surface area contributed by atoms with Gasteiger partial charge in [0.1, 0.15) is 6.04 Å². The number of carbonyl (C=O) groups excluding carboxylic acids is 1. The van der Waals surface area contributed by atoms with E-state index in [0.717, 1.165) is 16.6 Å². The van der Waals surface area contributed by atoms with Gasteiger partial charge in [0.2, 0.25) is 5.91 Å². The van der Waals surface area contributed by atoms with Gasteiger partial charge in [-0.3, -0.25) is 14.0 Å². The fraction of sp³-hybridized carbons (Fsp3) is 0.286. The predicted molar refractivity (Wildman–Crippen MR) is 81.3 cm³/mol. The summed E-state index contributed by atoms with van der Waals surface area (Å²) >= 11 is 0. The first-order chi connectivity index (χ1) is 9.65. The third kappa shape index (κ3) is 2.38. The fourth-order valence-electron chi connectivity index (χ4n) is 2.34. The highest BCUT2D eigenvalue weighted by Gasteiger charge is 2.26. The van der Waals surface area contributed by atoms with Crippen LogP contribution in [0, 0.1) is 0 Å². The minimum atomic E-state index is -0.899. The minimum absolute atomic E-state index is 0.0972. The van der Waals surface area contributed by atoms with Crippen molar-refractivity contribution in [3.8, 4) is 0 Å². The summed E-state index contributed by atoms with van der Waals surface area (Å²) in [6.45, 7) is 0. The largest absolute Gasteiger partial charge is 0.371 e. The van der Waals surface area contributed by atoms with Gasteiger partial charge in [-0.2, -0.15) is 0 Å². The molecule has 0 saturated heterocycles. The van der Waals surface area contributed by atoms with E-state index in [4.69, 9.17) is 0 Å². The van der Waals surface area contributed by atoms with E-state index in [9.17, 15) is 9.00 Å². The molecular weight excluding hydrogens is 274 g/mol. The number of nitrogens with one attached hydrogen (secondary N) is 2. The Labute approximate surface area is 119 Å². The molecule has 0 saturated carbocycles. The van der Waals surface area contributed by atoms with Gasteiger partial charge in [0.15, 0.2) is 0 Å². The smallest absolute Gasteiger partial charge is 0.246 e. The molecule has 0 spiro atoms. The first-order valence-corrected chi connectivity index (χ1v) is 8.13. The number of benzene rings is 1. The second kappa shape index (κ2) is 5.20. The van der Waals surface area contributed by atoms with Crippen LogP contribution in [-0.4, -0.2) is 33.2 Å². The summed E-state index contributed by atoms with van der Waals surface area (Å²) in [5.74, 6) is 0.406. The van der Waals surface area contributed by atoms with E-state index < -0.39 is 10.8 Å². The van der Waals surface area contributed by atoms with E-state index >= 15 is 0 Å². The predicted octanol–water partition coefficient (Wildman–Crippen LogP) is 1.74. The van der Waals surface area contributed by atoms with Gasteiger partial charge in [-0.15, -0.1) is 0 Å². The van der Waals surface area contributed by atoms with Gasteiger partial charge in [0.05, 0.1) is 23.1 Å². The van der Waals surface area contributed by atoms with Crippen LogP contribution < -0.4 is 10.6 Å². The topological polar surface area (TPSA) is 71.1 Å². The van der Waals surface area contributed by atoms with E-state index in [1.807, 2.05) is 24.3 Å². The zero-order chi connectivity index (χ0) is 14.1. The van der Waals surface area contributed by atoms with Gasteiger partial charge in [-0.25, -0.2) is 0 Å². The van der Waals surface area contributed by atoms with E-state index in [0.29, 0.717) is 17.9 Å². The lowest BCUT2D eigenvalue weighted by molar-refractivity contribution is -0.117. The van der Waals surface area contributed by atoms with Gasteiger partial charge >= 0.3 is 0 Å². The number of rotatable bonds is 3. The summed E-state index contributed by atoms with van der Waals surface area (Å²) in [4.78, 5) is 16.3. The number of hydrogen-bond donors (Lipinski definition) is 2. The van der Waals surface area contributed by atoms with Crippen molar-refractivity contribution >= 4 is 39.0 Å². The molecule has 6 heteroatoms. The summed E-state index contributed by atoms with van der Waals surface area (Å²) in [5.41, 5.74) is 2.47. The molecule has 0 bridgehead atoms. The van der Waals surface area contributed by atoms with E-state index in [-0.39, 0.29) is 11.9 Å². The Kier molecular flexibility index (Phi) is 3.40. The first kappa shape index (κ1) is 13.1. The van der Waals surface area contributed by atoms with Crippen LogP contribution >= 0.6 is 0 Å². The minimum Gasteiger partial charge on any atom is -0.371 e. The Morgan fingerprint density at radius 3 is 2.95 bits per heavy atom. The van der Waals surface area contributed by atoms with Crippen LogP contribution in [0.15, 0.2) is 30.5 Å². The highest BCUT2D eigenvalue weighted by molar-refractivity contribution is 7.84. The quantitative estimate of drug-likeness (QED) is 0.903. The van der Waals surface area contributed by atoms with Crippen molar-refractivity contribution in [3.63, 3.8) is 0 Å². The lowest BCUT2D eigenvalue weighted by Crippen LogP contribution is -2.39. The third-order valence-corrected chi connectivity index (χ3v) is 4.17. The maximum absolute atomic E-state index is 12.0. The van der Waals surface area contributed by atoms with Crippen LogP contribution in [-0.2, 0) is 15.6 Å². The number of amides is 1. The number of para-hydroxylation sites is 1. The lowest BCUT2D eigenvalue weighted by atomic mass is 10.1. The second-order valence-electron chi connectivity index (χ2n) is 4.82. The van der Waals surface area contributed by atoms with Crippen LogP contribution in [0.2, 0.25) is 0 Å². The van der Waals surface area contributed by atoms with Crippen LogP contribution in [0.4, 0.5) is 11.4 Å². The molecule has 1 aliphatic heterocycles. The second-order valence-corrected chi connectivity index (χ2v) is 6.37. The molecule has 2 unspecified atom stereocenters. The zero-order valence-electron chi connectivity index (χ0n) is 11.1. The van der Waals surface area contributed by atoms with Crippen LogP contribution in [0.1, 0.15) is 6.42 Å². The molecule has 2 atom stereocenters. The molecule has 20 heavy (non-hydrogen) atoms. The number of pyridine rings is 1. The number of nitrogens with zero attached hydrogens (tertiary/aromatic N) is 1. The van der Waals surface area contributed by atoms with Crippen molar-refractivity contribution in [1.82, 2.24) is 4.98 Å². The molecule has 1 amide bonds. The molecule has 2 heterocycles. The van der Waals surface area contributed by atoms with Gasteiger partial charge in [0, 0.05) is 28.2 Å². The maximum Gasteiger partial charge on any atom is 0.246 e. The Morgan fingerprint density at radius 2 is 2.15 bits per heavy atom. The lowest BCUT2D eigenvalue weighted by Gasteiger charge is -2.27. The number of hydrogen-bond acceptors (Lipinski definition) is 4. The number of carbonyl (C=O) groups is 1. The molecule has 1 aliphatic rings. The van der Waals surface area contributed by atoms with Gasteiger partial charge in [-0.1, -0.05) is 18.2 Å². The number of anilines is 2. The third-order valence-electron chi connectivity index (χ3n) is 3.36. The van der Waals surface area contributed by atoms with Gasteiger partial charge < -0.3 is 10.6 Å². The van der Waals surface area contributed by atoms with Crippen molar-refractivity contribution in [2.75, 3.05) is 22.6 Å². The van der Waals surface area contributed by atoms with E-state index in [2.05, 4.69) is 15.6 Å². The SMILES string of the molecule is CS(=O)CCC1Nc2c(cnc3ccccc23)NC1=O. The molecule has 2 N–H and O–H groups in total. The first-order valence-electron chi connectivity index (χ1n) is 6.40. The molecule has 1 aromatic heterocycles. The standard InChI is InChI=1S/C14H15N3O2S/c1-20(19)7-6-11-14(18)17-12-8-15-10-5-3-2-4-9(10)13(12)16-11/h2-5,8,11,16H,6-7H2,1H3,(H,17,18). The van der Waals surface area contributed by atoms with Gasteiger partial charge in [0.25, 0.3) is 0 Å². The highest BCUT2D eigenvalue weighted by Crippen LogP contribution is 2.33. The monoisotopic (exact) mass is 289 g/mol. The summed E-state index contributed by atoms with van der Waals surface area (Å²) in [7, 11) is -0.899. The van der Waals surface area contributed by atoms with Crippen LogP contribution in [0.3, 0.4) is 0 Å². The number of fused-ring (bicyclic) bond motifs is 3. The van der Waals surface area contributed by atoms with Crippen LogP contribution in [0.5, 0.6) is 0 Å². The molecule has 0 fully saturated rings. The Hall–Kier alpha value is -1.95. The molecule has 2 aromatic rings. The van der Waals surface area contributed by atoms with Gasteiger partial charge in [-0.05, 0) is 12.5 Å². The van der Waals surface area contributed by atoms with Crippen LogP contribution in [0.25, 0.3) is 10.9 Å². The zero-order valence-corrected chi connectivity index (χ0v) is 11.9. The highest BCUT2D eigenvalue weighted by atomic mass is 32.2. The summed E-state index contributed by atoms with van der Waals surface area (Å²) in [6.07, 6.45) is 3.86.